The predicted molar refractivity (Wildman–Crippen MR) is 57.9 cm³/mol. The van der Waals surface area contributed by atoms with Gasteiger partial charge in [-0.25, -0.2) is 4.39 Å². The molecule has 0 spiro atoms. The molecule has 2 heteroatoms. The number of hydrogen-bond donors (Lipinski definition) is 0. The molecule has 0 radical (unpaired) electrons. The van der Waals surface area contributed by atoms with Gasteiger partial charge in [-0.05, 0) is 48.3 Å². The largest absolute Gasteiger partial charge is 0.207 e. The lowest BCUT2D eigenvalue weighted by molar-refractivity contribution is 0.654. The van der Waals surface area contributed by atoms with Gasteiger partial charge in [-0.3, -0.25) is 0 Å². The maximum Gasteiger partial charge on any atom is 0.119 e. The second-order valence-electron chi connectivity index (χ2n) is 3.30. The van der Waals surface area contributed by atoms with Gasteiger partial charge < -0.3 is 0 Å². The normalized spacial score (nSPS) is 16.1. The van der Waals surface area contributed by atoms with Crippen LogP contribution in [0, 0.1) is 0 Å². The Kier molecular flexibility index (Phi) is 2.69. The predicted octanol–water partition coefficient (Wildman–Crippen LogP) is 4.37. The monoisotopic (exact) mass is 208 g/mol. The van der Waals surface area contributed by atoms with E-state index in [1.54, 1.807) is 12.2 Å². The van der Waals surface area contributed by atoms with E-state index < -0.39 is 0 Å². The summed E-state index contributed by atoms with van der Waals surface area (Å²) in [6.07, 6.45) is 4.88. The van der Waals surface area contributed by atoms with E-state index in [2.05, 4.69) is 0 Å². The van der Waals surface area contributed by atoms with E-state index in [0.29, 0.717) is 5.02 Å². The van der Waals surface area contributed by atoms with Gasteiger partial charge in [0.05, 0.1) is 0 Å². The van der Waals surface area contributed by atoms with E-state index in [1.165, 1.54) is 0 Å². The summed E-state index contributed by atoms with van der Waals surface area (Å²) in [5.41, 5.74) is 2.10. The molecular weight excluding hydrogens is 199 g/mol. The quantitative estimate of drug-likeness (QED) is 0.643. The minimum atomic E-state index is -0.138. The molecule has 1 aliphatic carbocycles. The third-order valence-electron chi connectivity index (χ3n) is 2.28. The molecule has 0 N–H and O–H groups in total. The van der Waals surface area contributed by atoms with Crippen LogP contribution in [0.2, 0.25) is 5.02 Å². The zero-order chi connectivity index (χ0) is 9.97. The van der Waals surface area contributed by atoms with Crippen LogP contribution in [-0.2, 0) is 0 Å². The molecule has 1 aromatic carbocycles. The highest BCUT2D eigenvalue weighted by molar-refractivity contribution is 6.30. The van der Waals surface area contributed by atoms with Crippen LogP contribution >= 0.6 is 11.6 Å². The van der Waals surface area contributed by atoms with Gasteiger partial charge >= 0.3 is 0 Å². The molecule has 0 atom stereocenters. The van der Waals surface area contributed by atoms with Gasteiger partial charge in [-0.15, -0.1) is 0 Å². The van der Waals surface area contributed by atoms with Crippen molar-refractivity contribution in [2.75, 3.05) is 0 Å². The van der Waals surface area contributed by atoms with Gasteiger partial charge in [0.15, 0.2) is 0 Å². The molecule has 0 amide bonds. The molecule has 1 aromatic rings. The van der Waals surface area contributed by atoms with Crippen LogP contribution in [0.5, 0.6) is 0 Å². The summed E-state index contributed by atoms with van der Waals surface area (Å²) in [4.78, 5) is 0. The smallest absolute Gasteiger partial charge is 0.119 e. The van der Waals surface area contributed by atoms with Crippen molar-refractivity contribution >= 4 is 17.2 Å². The lowest BCUT2D eigenvalue weighted by Crippen LogP contribution is -1.89. The first-order chi connectivity index (χ1) is 6.75. The molecule has 0 nitrogen and oxygen atoms in total. The minimum absolute atomic E-state index is 0.138. The summed E-state index contributed by atoms with van der Waals surface area (Å²) in [5.74, 6) is -0.138. The lowest BCUT2D eigenvalue weighted by atomic mass is 9.97. The first-order valence-electron chi connectivity index (χ1n) is 4.58. The molecule has 0 aliphatic heterocycles. The maximum atomic E-state index is 13.0. The van der Waals surface area contributed by atoms with Crippen LogP contribution in [-0.4, -0.2) is 0 Å². The van der Waals surface area contributed by atoms with E-state index in [-0.39, 0.29) is 5.83 Å². The molecule has 0 saturated heterocycles. The minimum Gasteiger partial charge on any atom is -0.207 e. The van der Waals surface area contributed by atoms with Gasteiger partial charge in [0.1, 0.15) is 5.83 Å². The van der Waals surface area contributed by atoms with Crippen LogP contribution in [0.15, 0.2) is 42.2 Å². The van der Waals surface area contributed by atoms with Crippen LogP contribution in [0.1, 0.15) is 18.4 Å². The van der Waals surface area contributed by atoms with E-state index in [4.69, 9.17) is 11.6 Å². The van der Waals surface area contributed by atoms with Gasteiger partial charge in [-0.1, -0.05) is 23.7 Å². The van der Waals surface area contributed by atoms with E-state index in [0.717, 1.165) is 24.0 Å². The first kappa shape index (κ1) is 9.47. The fraction of sp³-hybridized carbons (Fsp3) is 0.167. The Morgan fingerprint density at radius 3 is 2.50 bits per heavy atom. The van der Waals surface area contributed by atoms with E-state index >= 15 is 0 Å². The summed E-state index contributed by atoms with van der Waals surface area (Å²) in [7, 11) is 0. The maximum absolute atomic E-state index is 13.0. The highest BCUT2D eigenvalue weighted by Gasteiger charge is 2.06. The van der Waals surface area contributed by atoms with Gasteiger partial charge in [0.2, 0.25) is 0 Å². The molecule has 0 saturated carbocycles. The third-order valence-corrected chi connectivity index (χ3v) is 2.53. The molecule has 0 heterocycles. The summed E-state index contributed by atoms with van der Waals surface area (Å²) in [6.45, 7) is 0. The summed E-state index contributed by atoms with van der Waals surface area (Å²) in [6, 6.07) is 7.50. The Hall–Kier alpha value is -1.08. The second kappa shape index (κ2) is 3.97. The summed E-state index contributed by atoms with van der Waals surface area (Å²) < 4.78 is 13.0. The van der Waals surface area contributed by atoms with Crippen molar-refractivity contribution in [3.8, 4) is 0 Å². The third kappa shape index (κ3) is 2.05. The van der Waals surface area contributed by atoms with Crippen molar-refractivity contribution in [1.29, 1.82) is 0 Å². The Balaban J connectivity index is 2.31. The van der Waals surface area contributed by atoms with Crippen LogP contribution in [0.3, 0.4) is 0 Å². The van der Waals surface area contributed by atoms with Gasteiger partial charge in [0, 0.05) is 5.02 Å². The molecule has 0 aromatic heterocycles. The Morgan fingerprint density at radius 1 is 1.14 bits per heavy atom. The highest BCUT2D eigenvalue weighted by Crippen LogP contribution is 2.27. The van der Waals surface area contributed by atoms with Crippen molar-refractivity contribution in [1.82, 2.24) is 0 Å². The highest BCUT2D eigenvalue weighted by atomic mass is 35.5. The second-order valence-corrected chi connectivity index (χ2v) is 3.74. The molecule has 0 bridgehead atoms. The van der Waals surface area contributed by atoms with Crippen molar-refractivity contribution < 1.29 is 4.39 Å². The number of hydrogen-bond acceptors (Lipinski definition) is 0. The molecule has 2 rings (SSSR count). The van der Waals surface area contributed by atoms with Crippen molar-refractivity contribution in [2.24, 2.45) is 0 Å². The van der Waals surface area contributed by atoms with Gasteiger partial charge in [0.25, 0.3) is 0 Å². The average molecular weight is 209 g/mol. The Morgan fingerprint density at radius 2 is 1.86 bits per heavy atom. The molecule has 1 aliphatic rings. The topological polar surface area (TPSA) is 0 Å². The Bertz CT molecular complexity index is 387. The zero-order valence-corrected chi connectivity index (χ0v) is 8.39. The van der Waals surface area contributed by atoms with Crippen LogP contribution in [0.4, 0.5) is 4.39 Å². The fourth-order valence-corrected chi connectivity index (χ4v) is 1.68. The lowest BCUT2D eigenvalue weighted by Gasteiger charge is -2.10. The SMILES string of the molecule is FC1=CCCC(c2ccc(Cl)cc2)=C1. The van der Waals surface area contributed by atoms with Gasteiger partial charge in [-0.2, -0.15) is 0 Å². The molecule has 14 heavy (non-hydrogen) atoms. The van der Waals surface area contributed by atoms with E-state index in [9.17, 15) is 4.39 Å². The van der Waals surface area contributed by atoms with E-state index in [1.807, 2.05) is 24.3 Å². The number of allylic oxidation sites excluding steroid dienone is 4. The van der Waals surface area contributed by atoms with Crippen molar-refractivity contribution in [2.45, 2.75) is 12.8 Å². The first-order valence-corrected chi connectivity index (χ1v) is 4.96. The molecule has 72 valence electrons. The number of rotatable bonds is 1. The number of benzene rings is 1. The molecule has 0 unspecified atom stereocenters. The Labute approximate surface area is 87.7 Å². The average Bonchev–Trinajstić information content (AvgIpc) is 2.19. The van der Waals surface area contributed by atoms with Crippen molar-refractivity contribution in [3.05, 3.63) is 52.8 Å². The zero-order valence-electron chi connectivity index (χ0n) is 7.63. The van der Waals surface area contributed by atoms with Crippen LogP contribution in [0.25, 0.3) is 5.57 Å². The number of halogens is 2. The standard InChI is InChI=1S/C12H10ClF/c13-11-6-4-9(5-7-11)10-2-1-3-12(14)8-10/h3-8H,1-2H2. The van der Waals surface area contributed by atoms with Crippen molar-refractivity contribution in [3.63, 3.8) is 0 Å². The molecular formula is C12H10ClF. The summed E-state index contributed by atoms with van der Waals surface area (Å²) >= 11 is 5.77. The summed E-state index contributed by atoms with van der Waals surface area (Å²) in [5, 5.41) is 0.709. The van der Waals surface area contributed by atoms with Crippen LogP contribution < -0.4 is 0 Å². The molecule has 0 fully saturated rings. The fourth-order valence-electron chi connectivity index (χ4n) is 1.55.